The van der Waals surface area contributed by atoms with Crippen LogP contribution in [0, 0.1) is 11.8 Å². The summed E-state index contributed by atoms with van der Waals surface area (Å²) in [6, 6.07) is 0. The van der Waals surface area contributed by atoms with Gasteiger partial charge in [-0.3, -0.25) is 0 Å². The second-order valence-electron chi connectivity index (χ2n) is 4.36. The number of hydrogen-bond acceptors (Lipinski definition) is 0. The van der Waals surface area contributed by atoms with Gasteiger partial charge < -0.3 is 0 Å². The first kappa shape index (κ1) is 15.4. The van der Waals surface area contributed by atoms with Gasteiger partial charge in [0.2, 0.25) is 6.43 Å². The van der Waals surface area contributed by atoms with Gasteiger partial charge in [0.05, 0.1) is 5.92 Å². The van der Waals surface area contributed by atoms with Crippen molar-refractivity contribution in [2.75, 3.05) is 0 Å². The lowest BCUT2D eigenvalue weighted by molar-refractivity contribution is -0.165. The summed E-state index contributed by atoms with van der Waals surface area (Å²) in [6.07, 6.45) is -6.56. The number of rotatable bonds is 5. The van der Waals surface area contributed by atoms with Gasteiger partial charge in [-0.1, -0.05) is 18.6 Å². The molecule has 16 heavy (non-hydrogen) atoms. The second kappa shape index (κ2) is 6.21. The first-order chi connectivity index (χ1) is 7.12. The highest BCUT2D eigenvalue weighted by Crippen LogP contribution is 2.34. The molecule has 0 nitrogen and oxygen atoms in total. The molecule has 2 unspecified atom stereocenters. The van der Waals surface area contributed by atoms with Gasteiger partial charge in [-0.2, -0.15) is 13.2 Å². The van der Waals surface area contributed by atoms with Gasteiger partial charge in [-0.25, -0.2) is 8.78 Å². The van der Waals surface area contributed by atoms with Crippen LogP contribution in [0.4, 0.5) is 22.0 Å². The molecule has 0 saturated heterocycles. The average molecular weight is 244 g/mol. The standard InChI is InChI=1S/C11H17F5/c1-7(2)4-9(11(14,15)16)5-8(3)6-10(12)13/h4,8-10H,5-6H2,1-3H3. The fourth-order valence-electron chi connectivity index (χ4n) is 1.53. The van der Waals surface area contributed by atoms with E-state index in [0.717, 1.165) is 6.08 Å². The Morgan fingerprint density at radius 1 is 1.12 bits per heavy atom. The quantitative estimate of drug-likeness (QED) is 0.480. The molecule has 0 bridgehead atoms. The van der Waals surface area contributed by atoms with Crippen molar-refractivity contribution in [2.45, 2.75) is 46.2 Å². The summed E-state index contributed by atoms with van der Waals surface area (Å²) in [5.41, 5.74) is 0.548. The molecule has 0 aliphatic carbocycles. The zero-order valence-corrected chi connectivity index (χ0v) is 9.61. The molecule has 0 amide bonds. The van der Waals surface area contributed by atoms with Gasteiger partial charge >= 0.3 is 6.18 Å². The molecule has 0 spiro atoms. The Balaban J connectivity index is 4.50. The zero-order chi connectivity index (χ0) is 12.9. The van der Waals surface area contributed by atoms with Crippen LogP contribution in [0.2, 0.25) is 0 Å². The van der Waals surface area contributed by atoms with E-state index in [2.05, 4.69) is 0 Å². The Morgan fingerprint density at radius 3 is 1.94 bits per heavy atom. The maximum absolute atomic E-state index is 12.5. The van der Waals surface area contributed by atoms with Crippen molar-refractivity contribution in [3.63, 3.8) is 0 Å². The maximum Gasteiger partial charge on any atom is 0.395 e. The van der Waals surface area contributed by atoms with E-state index in [1.54, 1.807) is 13.8 Å². The van der Waals surface area contributed by atoms with Crippen LogP contribution in [-0.2, 0) is 0 Å². The average Bonchev–Trinajstić information content (AvgIpc) is 1.98. The van der Waals surface area contributed by atoms with Crippen LogP contribution in [0.5, 0.6) is 0 Å². The monoisotopic (exact) mass is 244 g/mol. The highest BCUT2D eigenvalue weighted by molar-refractivity contribution is 5.00. The van der Waals surface area contributed by atoms with Crippen molar-refractivity contribution < 1.29 is 22.0 Å². The minimum atomic E-state index is -4.35. The lowest BCUT2D eigenvalue weighted by Crippen LogP contribution is -2.24. The molecule has 0 saturated carbocycles. The van der Waals surface area contributed by atoms with Crippen molar-refractivity contribution in [1.29, 1.82) is 0 Å². The summed E-state index contributed by atoms with van der Waals surface area (Å²) in [4.78, 5) is 0. The Labute approximate surface area is 92.5 Å². The predicted octanol–water partition coefficient (Wildman–Crippen LogP) is 4.81. The number of halogens is 5. The normalized spacial score (nSPS) is 16.1. The smallest absolute Gasteiger partial charge is 0.211 e. The minimum absolute atomic E-state index is 0.279. The molecule has 0 radical (unpaired) electrons. The van der Waals surface area contributed by atoms with E-state index in [4.69, 9.17) is 0 Å². The second-order valence-corrected chi connectivity index (χ2v) is 4.36. The highest BCUT2D eigenvalue weighted by Gasteiger charge is 2.38. The minimum Gasteiger partial charge on any atom is -0.211 e. The molecule has 0 aliphatic rings. The Kier molecular flexibility index (Phi) is 5.97. The third-order valence-electron chi connectivity index (χ3n) is 2.19. The maximum atomic E-state index is 12.5. The van der Waals surface area contributed by atoms with Crippen molar-refractivity contribution in [1.82, 2.24) is 0 Å². The lowest BCUT2D eigenvalue weighted by atomic mass is 9.92. The van der Waals surface area contributed by atoms with Crippen LogP contribution < -0.4 is 0 Å². The van der Waals surface area contributed by atoms with E-state index in [-0.39, 0.29) is 6.42 Å². The van der Waals surface area contributed by atoms with Gasteiger partial charge in [-0.15, -0.1) is 0 Å². The molecule has 0 aliphatic heterocycles. The van der Waals surface area contributed by atoms with Gasteiger partial charge in [0.15, 0.2) is 0 Å². The summed E-state index contributed by atoms with van der Waals surface area (Å²) >= 11 is 0. The number of alkyl halides is 5. The van der Waals surface area contributed by atoms with Crippen LogP contribution in [-0.4, -0.2) is 12.6 Å². The Hall–Kier alpha value is -0.610. The molecule has 0 aromatic heterocycles. The summed E-state index contributed by atoms with van der Waals surface area (Å²) in [5.74, 6) is -2.26. The summed E-state index contributed by atoms with van der Waals surface area (Å²) in [7, 11) is 0. The van der Waals surface area contributed by atoms with E-state index in [9.17, 15) is 22.0 Å². The van der Waals surface area contributed by atoms with Crippen molar-refractivity contribution >= 4 is 0 Å². The molecular weight excluding hydrogens is 227 g/mol. The van der Waals surface area contributed by atoms with Crippen molar-refractivity contribution in [3.8, 4) is 0 Å². The number of hydrogen-bond donors (Lipinski definition) is 0. The van der Waals surface area contributed by atoms with E-state index in [0.29, 0.717) is 5.57 Å². The largest absolute Gasteiger partial charge is 0.395 e. The highest BCUT2D eigenvalue weighted by atomic mass is 19.4. The molecule has 0 N–H and O–H groups in total. The SMILES string of the molecule is CC(C)=CC(CC(C)CC(F)F)C(F)(F)F. The van der Waals surface area contributed by atoms with Crippen molar-refractivity contribution in [2.24, 2.45) is 11.8 Å². The predicted molar refractivity (Wildman–Crippen MR) is 53.4 cm³/mol. The van der Waals surface area contributed by atoms with Crippen LogP contribution in [0.15, 0.2) is 11.6 Å². The molecule has 2 atom stereocenters. The molecule has 96 valence electrons. The first-order valence-electron chi connectivity index (χ1n) is 5.12. The fraction of sp³-hybridized carbons (Fsp3) is 0.818. The third kappa shape index (κ3) is 6.80. The van der Waals surface area contributed by atoms with Gasteiger partial charge in [0.1, 0.15) is 0 Å². The summed E-state index contributed by atoms with van der Waals surface area (Å²) in [6.45, 7) is 4.55. The van der Waals surface area contributed by atoms with E-state index in [1.165, 1.54) is 6.92 Å². The zero-order valence-electron chi connectivity index (χ0n) is 9.61. The van der Waals surface area contributed by atoms with Crippen molar-refractivity contribution in [3.05, 3.63) is 11.6 Å². The van der Waals surface area contributed by atoms with Crippen LogP contribution in [0.3, 0.4) is 0 Å². The molecule has 0 fully saturated rings. The Bertz CT molecular complexity index is 225. The summed E-state index contributed by atoms with van der Waals surface area (Å²) in [5, 5.41) is 0. The van der Waals surface area contributed by atoms with Crippen LogP contribution in [0.1, 0.15) is 33.6 Å². The molecule has 5 heteroatoms. The van der Waals surface area contributed by atoms with Crippen LogP contribution in [0.25, 0.3) is 0 Å². The topological polar surface area (TPSA) is 0 Å². The van der Waals surface area contributed by atoms with Gasteiger partial charge in [0.25, 0.3) is 0 Å². The summed E-state index contributed by atoms with van der Waals surface area (Å²) < 4.78 is 61.6. The fourth-order valence-corrected chi connectivity index (χ4v) is 1.53. The number of allylic oxidation sites excluding steroid dienone is 2. The Morgan fingerprint density at radius 2 is 1.62 bits per heavy atom. The molecule has 0 aromatic carbocycles. The lowest BCUT2D eigenvalue weighted by Gasteiger charge is -2.21. The van der Waals surface area contributed by atoms with E-state index in [1.807, 2.05) is 0 Å². The molecule has 0 heterocycles. The molecule has 0 aromatic rings. The molecule has 0 rings (SSSR count). The van der Waals surface area contributed by atoms with Crippen LogP contribution >= 0.6 is 0 Å². The van der Waals surface area contributed by atoms with Gasteiger partial charge in [0, 0.05) is 6.42 Å². The third-order valence-corrected chi connectivity index (χ3v) is 2.19. The van der Waals surface area contributed by atoms with E-state index >= 15 is 0 Å². The molecular formula is C11H17F5. The first-order valence-corrected chi connectivity index (χ1v) is 5.12. The van der Waals surface area contributed by atoms with Gasteiger partial charge in [-0.05, 0) is 26.2 Å². The van der Waals surface area contributed by atoms with E-state index < -0.39 is 30.9 Å².